The molecule has 0 spiro atoms. The maximum atomic E-state index is 12.9. The van der Waals surface area contributed by atoms with Gasteiger partial charge in [-0.15, -0.1) is 11.8 Å². The highest BCUT2D eigenvalue weighted by Crippen LogP contribution is 2.47. The highest BCUT2D eigenvalue weighted by Gasteiger charge is 2.46. The lowest BCUT2D eigenvalue weighted by molar-refractivity contribution is -0.385. The first-order valence-corrected chi connectivity index (χ1v) is 11.1. The summed E-state index contributed by atoms with van der Waals surface area (Å²) in [4.78, 5) is 39.0. The number of amides is 1. The lowest BCUT2D eigenvalue weighted by Crippen LogP contribution is -2.38. The molecule has 9 heteroatoms. The maximum absolute atomic E-state index is 12.9. The van der Waals surface area contributed by atoms with Crippen LogP contribution in [0.4, 0.5) is 10.5 Å². The Labute approximate surface area is 180 Å². The summed E-state index contributed by atoms with van der Waals surface area (Å²) in [6, 6.07) is 4.02. The molecule has 1 aliphatic heterocycles. The van der Waals surface area contributed by atoms with Gasteiger partial charge in [0, 0.05) is 28.8 Å². The van der Waals surface area contributed by atoms with Crippen molar-refractivity contribution in [2.45, 2.75) is 68.7 Å². The summed E-state index contributed by atoms with van der Waals surface area (Å²) in [6.07, 6.45) is 2.05. The van der Waals surface area contributed by atoms with E-state index in [2.05, 4.69) is 0 Å². The Kier molecular flexibility index (Phi) is 6.59. The third kappa shape index (κ3) is 5.24. The van der Waals surface area contributed by atoms with Crippen molar-refractivity contribution < 1.29 is 24.0 Å². The van der Waals surface area contributed by atoms with E-state index in [9.17, 15) is 19.7 Å². The van der Waals surface area contributed by atoms with E-state index in [0.717, 1.165) is 17.7 Å². The number of thioether (sulfide) groups is 1. The molecule has 1 aromatic carbocycles. The highest BCUT2D eigenvalue weighted by molar-refractivity contribution is 8.00. The number of benzene rings is 1. The molecule has 2 atom stereocenters. The summed E-state index contributed by atoms with van der Waals surface area (Å²) in [5.41, 5.74) is -0.149. The Hall–Kier alpha value is -2.29. The van der Waals surface area contributed by atoms with E-state index in [4.69, 9.17) is 9.47 Å². The van der Waals surface area contributed by atoms with Crippen LogP contribution in [-0.2, 0) is 14.3 Å². The first-order valence-electron chi connectivity index (χ1n) is 10.2. The van der Waals surface area contributed by atoms with Gasteiger partial charge in [-0.2, -0.15) is 0 Å². The van der Waals surface area contributed by atoms with E-state index in [1.807, 2.05) is 0 Å². The summed E-state index contributed by atoms with van der Waals surface area (Å²) in [5.74, 6) is -1.000. The number of carbonyl (C=O) groups excluding carboxylic acids is 2. The molecule has 30 heavy (non-hydrogen) atoms. The van der Waals surface area contributed by atoms with Crippen LogP contribution in [0.25, 0.3) is 0 Å². The van der Waals surface area contributed by atoms with Gasteiger partial charge in [0.25, 0.3) is 5.69 Å². The number of likely N-dealkylation sites (tertiary alicyclic amines) is 1. The Morgan fingerprint density at radius 1 is 1.27 bits per heavy atom. The standard InChI is InChI=1S/C21H28N2O6S/c1-5-28-19(24)15-10-11-22(20(25)29-21(2,3)4)18(15)16-12-13(23(26)27)6-9-17(16)30-14-7-8-14/h6,9,12,14-15,18H,5,7-8,10-11H2,1-4H3/t15-,18+/m1/s1. The molecule has 0 bridgehead atoms. The van der Waals surface area contributed by atoms with Gasteiger partial charge in [-0.3, -0.25) is 14.9 Å². The minimum absolute atomic E-state index is 0.0659. The van der Waals surface area contributed by atoms with Gasteiger partial charge in [0.2, 0.25) is 0 Å². The molecule has 1 amide bonds. The van der Waals surface area contributed by atoms with E-state index in [-0.39, 0.29) is 12.3 Å². The number of nitro benzene ring substituents is 1. The smallest absolute Gasteiger partial charge is 0.410 e. The second kappa shape index (κ2) is 8.83. The van der Waals surface area contributed by atoms with Crippen LogP contribution in [0.1, 0.15) is 58.6 Å². The van der Waals surface area contributed by atoms with Crippen LogP contribution in [-0.4, -0.2) is 45.9 Å². The minimum Gasteiger partial charge on any atom is -0.466 e. The molecule has 1 saturated carbocycles. The SMILES string of the molecule is CCOC(=O)[C@@H]1CCN(C(=O)OC(C)(C)C)[C@@H]1c1cc([N+](=O)[O-])ccc1SC1CC1. The fourth-order valence-corrected chi connectivity index (χ4v) is 4.75. The van der Waals surface area contributed by atoms with Crippen molar-refractivity contribution in [1.82, 2.24) is 4.90 Å². The molecule has 0 radical (unpaired) electrons. The first-order chi connectivity index (χ1) is 14.1. The van der Waals surface area contributed by atoms with Crippen molar-refractivity contribution >= 4 is 29.5 Å². The second-order valence-electron chi connectivity index (χ2n) is 8.56. The molecule has 2 fully saturated rings. The molecule has 1 saturated heterocycles. The number of carbonyl (C=O) groups is 2. The predicted molar refractivity (Wildman–Crippen MR) is 112 cm³/mol. The van der Waals surface area contributed by atoms with Crippen LogP contribution in [0, 0.1) is 16.0 Å². The normalized spacial score (nSPS) is 21.4. The average Bonchev–Trinajstić information content (AvgIpc) is 3.35. The van der Waals surface area contributed by atoms with Gasteiger partial charge in [0.1, 0.15) is 5.60 Å². The van der Waals surface area contributed by atoms with Gasteiger partial charge in [0.05, 0.1) is 23.5 Å². The van der Waals surface area contributed by atoms with Gasteiger partial charge < -0.3 is 14.4 Å². The lowest BCUT2D eigenvalue weighted by atomic mass is 9.93. The minimum atomic E-state index is -0.697. The summed E-state index contributed by atoms with van der Waals surface area (Å²) in [6.45, 7) is 7.61. The van der Waals surface area contributed by atoms with Crippen molar-refractivity contribution in [2.75, 3.05) is 13.2 Å². The maximum Gasteiger partial charge on any atom is 0.410 e. The van der Waals surface area contributed by atoms with Crippen LogP contribution in [0.5, 0.6) is 0 Å². The summed E-state index contributed by atoms with van der Waals surface area (Å²) >= 11 is 1.64. The van der Waals surface area contributed by atoms with Gasteiger partial charge in [-0.25, -0.2) is 4.79 Å². The first kappa shape index (κ1) is 22.4. The Morgan fingerprint density at radius 3 is 2.53 bits per heavy atom. The molecule has 0 unspecified atom stereocenters. The third-order valence-corrected chi connectivity index (χ3v) is 6.39. The zero-order valence-corrected chi connectivity index (χ0v) is 18.6. The molecule has 0 aromatic heterocycles. The third-order valence-electron chi connectivity index (χ3n) is 4.96. The second-order valence-corrected chi connectivity index (χ2v) is 9.90. The zero-order valence-electron chi connectivity index (χ0n) is 17.8. The van der Waals surface area contributed by atoms with Gasteiger partial charge in [-0.1, -0.05) is 0 Å². The van der Waals surface area contributed by atoms with Crippen molar-refractivity contribution in [1.29, 1.82) is 0 Å². The average molecular weight is 437 g/mol. The number of nitrogens with zero attached hydrogens (tertiary/aromatic N) is 2. The molecule has 1 aromatic rings. The molecular weight excluding hydrogens is 408 g/mol. The van der Waals surface area contributed by atoms with E-state index >= 15 is 0 Å². The number of esters is 1. The van der Waals surface area contributed by atoms with E-state index in [1.165, 1.54) is 17.0 Å². The number of non-ortho nitro benzene ring substituents is 1. The van der Waals surface area contributed by atoms with E-state index in [0.29, 0.717) is 23.8 Å². The van der Waals surface area contributed by atoms with Crippen LogP contribution >= 0.6 is 11.8 Å². The van der Waals surface area contributed by atoms with E-state index < -0.39 is 34.5 Å². The molecular formula is C21H28N2O6S. The fourth-order valence-electron chi connectivity index (χ4n) is 3.55. The molecule has 2 aliphatic rings. The van der Waals surface area contributed by atoms with E-state index in [1.54, 1.807) is 45.5 Å². The largest absolute Gasteiger partial charge is 0.466 e. The summed E-state index contributed by atoms with van der Waals surface area (Å²) in [7, 11) is 0. The van der Waals surface area contributed by atoms with Crippen molar-refractivity contribution in [3.8, 4) is 0 Å². The van der Waals surface area contributed by atoms with Gasteiger partial charge in [-0.05, 0) is 58.6 Å². The van der Waals surface area contributed by atoms with Crippen molar-refractivity contribution in [3.63, 3.8) is 0 Å². The molecule has 8 nitrogen and oxygen atoms in total. The Balaban J connectivity index is 2.04. The van der Waals surface area contributed by atoms with Gasteiger partial charge in [0.15, 0.2) is 0 Å². The Bertz CT molecular complexity index is 833. The number of hydrogen-bond acceptors (Lipinski definition) is 7. The Morgan fingerprint density at radius 2 is 1.97 bits per heavy atom. The molecule has 1 aliphatic carbocycles. The van der Waals surface area contributed by atoms with Crippen LogP contribution in [0.3, 0.4) is 0 Å². The zero-order chi connectivity index (χ0) is 22.1. The monoisotopic (exact) mass is 436 g/mol. The lowest BCUT2D eigenvalue weighted by Gasteiger charge is -2.31. The highest BCUT2D eigenvalue weighted by atomic mass is 32.2. The van der Waals surface area contributed by atoms with Crippen LogP contribution in [0.15, 0.2) is 23.1 Å². The fraction of sp³-hybridized carbons (Fsp3) is 0.619. The predicted octanol–water partition coefficient (Wildman–Crippen LogP) is 4.71. The molecule has 164 valence electrons. The molecule has 3 rings (SSSR count). The van der Waals surface area contributed by atoms with Crippen LogP contribution in [0.2, 0.25) is 0 Å². The number of rotatable bonds is 6. The summed E-state index contributed by atoms with van der Waals surface area (Å²) in [5, 5.41) is 11.9. The number of nitro groups is 1. The number of ether oxygens (including phenoxy) is 2. The molecule has 0 N–H and O–H groups in total. The quantitative estimate of drug-likeness (QED) is 0.362. The van der Waals surface area contributed by atoms with Crippen LogP contribution < -0.4 is 0 Å². The van der Waals surface area contributed by atoms with Crippen molar-refractivity contribution in [2.24, 2.45) is 5.92 Å². The summed E-state index contributed by atoms with van der Waals surface area (Å²) < 4.78 is 10.8. The van der Waals surface area contributed by atoms with Crippen molar-refractivity contribution in [3.05, 3.63) is 33.9 Å². The number of hydrogen-bond donors (Lipinski definition) is 0. The van der Waals surface area contributed by atoms with Gasteiger partial charge >= 0.3 is 12.1 Å². The topological polar surface area (TPSA) is 99.0 Å². The molecule has 1 heterocycles.